The van der Waals surface area contributed by atoms with Crippen molar-refractivity contribution in [2.75, 3.05) is 6.54 Å². The van der Waals surface area contributed by atoms with E-state index >= 15 is 0 Å². The highest BCUT2D eigenvalue weighted by Crippen LogP contribution is 2.24. The molecule has 1 amide bonds. The lowest BCUT2D eigenvalue weighted by atomic mass is 10.2. The highest BCUT2D eigenvalue weighted by Gasteiger charge is 2.35. The van der Waals surface area contributed by atoms with Gasteiger partial charge < -0.3 is 10.2 Å². The number of likely N-dealkylation sites (tertiary alicyclic amines) is 1. The fourth-order valence-electron chi connectivity index (χ4n) is 2.82. The Balaban J connectivity index is 1.68. The monoisotopic (exact) mass is 262 g/mol. The molecule has 1 unspecified atom stereocenters. The number of carbonyl (C=O) groups is 1. The van der Waals surface area contributed by atoms with Crippen LogP contribution in [0.2, 0.25) is 0 Å². The van der Waals surface area contributed by atoms with E-state index in [0.717, 1.165) is 24.4 Å². The fourth-order valence-corrected chi connectivity index (χ4v) is 2.82. The van der Waals surface area contributed by atoms with Gasteiger partial charge in [-0.1, -0.05) is 0 Å². The maximum Gasteiger partial charge on any atom is 0.240 e. The van der Waals surface area contributed by atoms with Crippen molar-refractivity contribution in [1.29, 1.82) is 0 Å². The predicted molar refractivity (Wildman–Crippen MR) is 72.7 cm³/mol. The summed E-state index contributed by atoms with van der Waals surface area (Å²) in [7, 11) is 1.95. The van der Waals surface area contributed by atoms with E-state index in [4.69, 9.17) is 0 Å². The summed E-state index contributed by atoms with van der Waals surface area (Å²) in [5.74, 6) is 0.259. The van der Waals surface area contributed by atoms with Crippen LogP contribution in [0.3, 0.4) is 0 Å². The predicted octanol–water partition coefficient (Wildman–Crippen LogP) is 0.890. The molecule has 0 aromatic carbocycles. The van der Waals surface area contributed by atoms with Crippen molar-refractivity contribution >= 4 is 5.91 Å². The summed E-state index contributed by atoms with van der Waals surface area (Å²) in [5, 5.41) is 7.86. The van der Waals surface area contributed by atoms with Crippen molar-refractivity contribution in [2.45, 2.75) is 51.7 Å². The normalized spacial score (nSPS) is 23.4. The molecule has 2 heterocycles. The van der Waals surface area contributed by atoms with E-state index in [1.54, 1.807) is 0 Å². The Morgan fingerprint density at radius 3 is 2.63 bits per heavy atom. The Morgan fingerprint density at radius 2 is 2.05 bits per heavy atom. The van der Waals surface area contributed by atoms with Gasteiger partial charge in [0.1, 0.15) is 0 Å². The first kappa shape index (κ1) is 12.7. The Labute approximate surface area is 114 Å². The van der Waals surface area contributed by atoms with Crippen LogP contribution in [0, 0.1) is 13.8 Å². The average Bonchev–Trinajstić information content (AvgIpc) is 3.08. The molecule has 104 valence electrons. The standard InChI is InChI=1S/C14H22N4O/c1-9-12(10(2)17(3)16-9)8-18-7-6-13(14(18)19)15-11-4-5-11/h11,13,15H,4-8H2,1-3H3. The third-order valence-electron chi connectivity index (χ3n) is 4.32. The van der Waals surface area contributed by atoms with Crippen LogP contribution < -0.4 is 5.32 Å². The minimum atomic E-state index is 0.0461. The van der Waals surface area contributed by atoms with Gasteiger partial charge >= 0.3 is 0 Å². The molecule has 1 aliphatic carbocycles. The summed E-state index contributed by atoms with van der Waals surface area (Å²) in [6.45, 7) is 5.64. The van der Waals surface area contributed by atoms with Gasteiger partial charge in [0.25, 0.3) is 0 Å². The van der Waals surface area contributed by atoms with E-state index in [2.05, 4.69) is 17.3 Å². The van der Waals surface area contributed by atoms with E-state index in [-0.39, 0.29) is 11.9 Å². The number of aromatic nitrogens is 2. The van der Waals surface area contributed by atoms with Gasteiger partial charge in [0.05, 0.1) is 11.7 Å². The van der Waals surface area contributed by atoms with Gasteiger partial charge in [0.15, 0.2) is 0 Å². The van der Waals surface area contributed by atoms with Crippen LogP contribution in [-0.2, 0) is 18.4 Å². The average molecular weight is 262 g/mol. The molecule has 2 fully saturated rings. The Morgan fingerprint density at radius 1 is 1.32 bits per heavy atom. The molecule has 3 rings (SSSR count). The minimum absolute atomic E-state index is 0.0461. The summed E-state index contributed by atoms with van der Waals surface area (Å²) in [4.78, 5) is 14.3. The fraction of sp³-hybridized carbons (Fsp3) is 0.714. The van der Waals surface area contributed by atoms with Crippen molar-refractivity contribution in [3.05, 3.63) is 17.0 Å². The van der Waals surface area contributed by atoms with Crippen LogP contribution in [0.5, 0.6) is 0 Å². The molecule has 1 aromatic rings. The third-order valence-corrected chi connectivity index (χ3v) is 4.32. The molecule has 2 aliphatic rings. The molecule has 5 heteroatoms. The maximum atomic E-state index is 12.3. The number of nitrogens with zero attached hydrogens (tertiary/aromatic N) is 3. The minimum Gasteiger partial charge on any atom is -0.337 e. The van der Waals surface area contributed by atoms with Gasteiger partial charge in [-0.2, -0.15) is 5.10 Å². The maximum absolute atomic E-state index is 12.3. The number of nitrogens with one attached hydrogen (secondary N) is 1. The van der Waals surface area contributed by atoms with Crippen LogP contribution >= 0.6 is 0 Å². The number of carbonyl (C=O) groups excluding carboxylic acids is 1. The Kier molecular flexibility index (Phi) is 3.09. The lowest BCUT2D eigenvalue weighted by Crippen LogP contribution is -2.39. The van der Waals surface area contributed by atoms with Crippen molar-refractivity contribution in [1.82, 2.24) is 20.0 Å². The second kappa shape index (κ2) is 4.63. The smallest absolute Gasteiger partial charge is 0.240 e. The van der Waals surface area contributed by atoms with Gasteiger partial charge in [0.2, 0.25) is 5.91 Å². The highest BCUT2D eigenvalue weighted by molar-refractivity contribution is 5.84. The summed E-state index contributed by atoms with van der Waals surface area (Å²) in [6.07, 6.45) is 3.39. The molecule has 1 N–H and O–H groups in total. The van der Waals surface area contributed by atoms with E-state index in [1.807, 2.05) is 23.6 Å². The van der Waals surface area contributed by atoms with Crippen molar-refractivity contribution in [2.24, 2.45) is 7.05 Å². The number of amides is 1. The van der Waals surface area contributed by atoms with Crippen LogP contribution in [0.1, 0.15) is 36.2 Å². The van der Waals surface area contributed by atoms with E-state index < -0.39 is 0 Å². The molecule has 1 atom stereocenters. The van der Waals surface area contributed by atoms with Gasteiger partial charge in [0, 0.05) is 37.4 Å². The van der Waals surface area contributed by atoms with Gasteiger partial charge in [-0.3, -0.25) is 9.48 Å². The summed E-state index contributed by atoms with van der Waals surface area (Å²) < 4.78 is 1.89. The molecule has 19 heavy (non-hydrogen) atoms. The third kappa shape index (κ3) is 2.39. The van der Waals surface area contributed by atoms with Gasteiger partial charge in [-0.05, 0) is 33.1 Å². The molecule has 0 bridgehead atoms. The molecular weight excluding hydrogens is 240 g/mol. The second-order valence-electron chi connectivity index (χ2n) is 5.81. The van der Waals surface area contributed by atoms with Gasteiger partial charge in [-0.25, -0.2) is 0 Å². The summed E-state index contributed by atoms with van der Waals surface area (Å²) >= 11 is 0. The molecule has 1 aliphatic heterocycles. The van der Waals surface area contributed by atoms with E-state index in [0.29, 0.717) is 12.6 Å². The largest absolute Gasteiger partial charge is 0.337 e. The van der Waals surface area contributed by atoms with Crippen molar-refractivity contribution in [3.63, 3.8) is 0 Å². The number of aryl methyl sites for hydroxylation is 2. The van der Waals surface area contributed by atoms with E-state index in [9.17, 15) is 4.79 Å². The zero-order valence-electron chi connectivity index (χ0n) is 11.9. The van der Waals surface area contributed by atoms with Crippen LogP contribution in [-0.4, -0.2) is 39.2 Å². The first-order valence-electron chi connectivity index (χ1n) is 7.10. The molecule has 1 saturated heterocycles. The Bertz CT molecular complexity index is 504. The summed E-state index contributed by atoms with van der Waals surface area (Å²) in [5.41, 5.74) is 3.39. The summed E-state index contributed by atoms with van der Waals surface area (Å²) in [6, 6.07) is 0.639. The van der Waals surface area contributed by atoms with Crippen LogP contribution in [0.15, 0.2) is 0 Å². The van der Waals surface area contributed by atoms with Gasteiger partial charge in [-0.15, -0.1) is 0 Å². The molecule has 1 aromatic heterocycles. The highest BCUT2D eigenvalue weighted by atomic mass is 16.2. The second-order valence-corrected chi connectivity index (χ2v) is 5.81. The first-order valence-corrected chi connectivity index (χ1v) is 7.10. The SMILES string of the molecule is Cc1nn(C)c(C)c1CN1CCC(NC2CC2)C1=O. The number of hydrogen-bond acceptors (Lipinski definition) is 3. The zero-order valence-corrected chi connectivity index (χ0v) is 11.9. The molecule has 1 saturated carbocycles. The van der Waals surface area contributed by atoms with Crippen LogP contribution in [0.4, 0.5) is 0 Å². The lowest BCUT2D eigenvalue weighted by Gasteiger charge is -2.17. The quantitative estimate of drug-likeness (QED) is 0.876. The Hall–Kier alpha value is -1.36. The van der Waals surface area contributed by atoms with Crippen LogP contribution in [0.25, 0.3) is 0 Å². The zero-order chi connectivity index (χ0) is 13.6. The first-order chi connectivity index (χ1) is 9.06. The molecule has 0 spiro atoms. The number of hydrogen-bond donors (Lipinski definition) is 1. The van der Waals surface area contributed by atoms with E-state index in [1.165, 1.54) is 18.4 Å². The van der Waals surface area contributed by atoms with Crippen molar-refractivity contribution in [3.8, 4) is 0 Å². The molecule has 5 nitrogen and oxygen atoms in total. The lowest BCUT2D eigenvalue weighted by molar-refractivity contribution is -0.130. The molecule has 0 radical (unpaired) electrons. The van der Waals surface area contributed by atoms with Crippen molar-refractivity contribution < 1.29 is 4.79 Å². The molecular formula is C14H22N4O. The number of rotatable bonds is 4. The topological polar surface area (TPSA) is 50.2 Å².